The van der Waals surface area contributed by atoms with Crippen LogP contribution in [0.1, 0.15) is 15.6 Å². The Labute approximate surface area is 132 Å². The number of carbonyl (C=O) groups is 2. The van der Waals surface area contributed by atoms with Gasteiger partial charge in [0.1, 0.15) is 5.01 Å². The number of rotatable bonds is 5. The molecule has 0 radical (unpaired) electrons. The lowest BCUT2D eigenvalue weighted by molar-refractivity contribution is -0.136. The van der Waals surface area contributed by atoms with Crippen LogP contribution in [0.4, 0.5) is 5.69 Å². The number of benzene rings is 1. The van der Waals surface area contributed by atoms with Crippen LogP contribution in [-0.4, -0.2) is 23.9 Å². The smallest absolute Gasteiger partial charge is 0.313 e. The first-order chi connectivity index (χ1) is 10.6. The van der Waals surface area contributed by atoms with E-state index in [1.165, 1.54) is 11.3 Å². The number of amides is 2. The summed E-state index contributed by atoms with van der Waals surface area (Å²) in [6, 6.07) is 8.84. The molecule has 7 heteroatoms. The maximum Gasteiger partial charge on any atom is 0.313 e. The molecule has 6 nitrogen and oxygen atoms in total. The van der Waals surface area contributed by atoms with E-state index in [1.807, 2.05) is 13.0 Å². The summed E-state index contributed by atoms with van der Waals surface area (Å²) in [6.45, 7) is 2.57. The molecule has 0 spiro atoms. The second-order valence-electron chi connectivity index (χ2n) is 4.55. The molecule has 1 aromatic heterocycles. The monoisotopic (exact) mass is 319 g/mol. The van der Waals surface area contributed by atoms with E-state index in [9.17, 15) is 9.59 Å². The van der Waals surface area contributed by atoms with Crippen molar-refractivity contribution in [3.05, 3.63) is 45.9 Å². The van der Waals surface area contributed by atoms with Crippen molar-refractivity contribution in [2.75, 3.05) is 12.4 Å². The van der Waals surface area contributed by atoms with Crippen LogP contribution in [0.25, 0.3) is 0 Å². The highest BCUT2D eigenvalue weighted by molar-refractivity contribution is 7.11. The van der Waals surface area contributed by atoms with Gasteiger partial charge in [-0.2, -0.15) is 0 Å². The standard InChI is InChI=1S/C15H17N3O3S/c1-10-12(22-13(17-10)9-21-2)8-16-14(19)15(20)18-11-6-4-3-5-7-11/h3-7H,8-9H2,1-2H3,(H,16,19)(H,18,20). The number of nitrogens with zero attached hydrogens (tertiary/aromatic N) is 1. The average Bonchev–Trinajstić information content (AvgIpc) is 2.86. The Morgan fingerprint density at radius 1 is 1.23 bits per heavy atom. The van der Waals surface area contributed by atoms with E-state index in [-0.39, 0.29) is 6.54 Å². The summed E-state index contributed by atoms with van der Waals surface area (Å²) >= 11 is 1.46. The van der Waals surface area contributed by atoms with E-state index in [0.717, 1.165) is 15.6 Å². The first-order valence-electron chi connectivity index (χ1n) is 6.68. The second-order valence-corrected chi connectivity index (χ2v) is 5.72. The Morgan fingerprint density at radius 2 is 1.95 bits per heavy atom. The number of thiazole rings is 1. The van der Waals surface area contributed by atoms with Crippen molar-refractivity contribution in [2.24, 2.45) is 0 Å². The molecule has 2 aromatic rings. The van der Waals surface area contributed by atoms with Crippen molar-refractivity contribution in [1.82, 2.24) is 10.3 Å². The lowest BCUT2D eigenvalue weighted by Crippen LogP contribution is -2.34. The number of carbonyl (C=O) groups excluding carboxylic acids is 2. The number of para-hydroxylation sites is 1. The SMILES string of the molecule is COCc1nc(C)c(CNC(=O)C(=O)Nc2ccccc2)s1. The number of aromatic nitrogens is 1. The lowest BCUT2D eigenvalue weighted by atomic mass is 10.3. The molecule has 1 aromatic carbocycles. The summed E-state index contributed by atoms with van der Waals surface area (Å²) in [5, 5.41) is 5.97. The summed E-state index contributed by atoms with van der Waals surface area (Å²) < 4.78 is 5.02. The minimum atomic E-state index is -0.689. The molecule has 2 amide bonds. The van der Waals surface area contributed by atoms with E-state index in [1.54, 1.807) is 31.4 Å². The number of anilines is 1. The normalized spacial score (nSPS) is 10.3. The predicted octanol–water partition coefficient (Wildman–Crippen LogP) is 1.85. The highest BCUT2D eigenvalue weighted by atomic mass is 32.1. The van der Waals surface area contributed by atoms with Crippen molar-refractivity contribution in [3.8, 4) is 0 Å². The molecule has 2 rings (SSSR count). The van der Waals surface area contributed by atoms with Gasteiger partial charge < -0.3 is 15.4 Å². The molecule has 0 aliphatic carbocycles. The van der Waals surface area contributed by atoms with Gasteiger partial charge >= 0.3 is 11.8 Å². The van der Waals surface area contributed by atoms with Gasteiger partial charge in [0.25, 0.3) is 0 Å². The maximum atomic E-state index is 11.8. The summed E-state index contributed by atoms with van der Waals surface area (Å²) in [6.07, 6.45) is 0. The lowest BCUT2D eigenvalue weighted by Gasteiger charge is -2.05. The maximum absolute atomic E-state index is 11.8. The minimum absolute atomic E-state index is 0.272. The van der Waals surface area contributed by atoms with Crippen LogP contribution >= 0.6 is 11.3 Å². The zero-order chi connectivity index (χ0) is 15.9. The Morgan fingerprint density at radius 3 is 2.64 bits per heavy atom. The Bertz CT molecular complexity index is 655. The third-order valence-electron chi connectivity index (χ3n) is 2.85. The van der Waals surface area contributed by atoms with Crippen LogP contribution < -0.4 is 10.6 Å². The largest absolute Gasteiger partial charge is 0.378 e. The number of aryl methyl sites for hydroxylation is 1. The van der Waals surface area contributed by atoms with E-state index in [0.29, 0.717) is 12.3 Å². The van der Waals surface area contributed by atoms with Crippen LogP contribution in [0.5, 0.6) is 0 Å². The zero-order valence-corrected chi connectivity index (χ0v) is 13.2. The molecule has 116 valence electrons. The van der Waals surface area contributed by atoms with Gasteiger partial charge in [0, 0.05) is 17.7 Å². The van der Waals surface area contributed by atoms with Crippen LogP contribution in [0.15, 0.2) is 30.3 Å². The van der Waals surface area contributed by atoms with Crippen molar-refractivity contribution in [2.45, 2.75) is 20.1 Å². The Hall–Kier alpha value is -2.25. The topological polar surface area (TPSA) is 80.3 Å². The van der Waals surface area contributed by atoms with Crippen molar-refractivity contribution in [1.29, 1.82) is 0 Å². The summed E-state index contributed by atoms with van der Waals surface area (Å²) in [4.78, 5) is 28.8. The molecule has 2 N–H and O–H groups in total. The highest BCUT2D eigenvalue weighted by Gasteiger charge is 2.15. The molecule has 0 saturated carbocycles. The molecule has 22 heavy (non-hydrogen) atoms. The molecule has 0 fully saturated rings. The van der Waals surface area contributed by atoms with Gasteiger partial charge in [-0.25, -0.2) is 4.98 Å². The first kappa shape index (κ1) is 16.1. The molecule has 0 atom stereocenters. The van der Waals surface area contributed by atoms with Crippen LogP contribution in [0, 0.1) is 6.92 Å². The van der Waals surface area contributed by atoms with Crippen LogP contribution in [0.2, 0.25) is 0 Å². The zero-order valence-electron chi connectivity index (χ0n) is 12.4. The van der Waals surface area contributed by atoms with E-state index < -0.39 is 11.8 Å². The van der Waals surface area contributed by atoms with Crippen LogP contribution in [-0.2, 0) is 27.5 Å². The van der Waals surface area contributed by atoms with Crippen molar-refractivity contribution in [3.63, 3.8) is 0 Å². The fraction of sp³-hybridized carbons (Fsp3) is 0.267. The summed E-state index contributed by atoms with van der Waals surface area (Å²) in [5.74, 6) is -1.37. The van der Waals surface area contributed by atoms with E-state index >= 15 is 0 Å². The molecule has 0 aliphatic heterocycles. The van der Waals surface area contributed by atoms with E-state index in [4.69, 9.17) is 4.74 Å². The number of nitrogens with one attached hydrogen (secondary N) is 2. The number of methoxy groups -OCH3 is 1. The summed E-state index contributed by atoms with van der Waals surface area (Å²) in [7, 11) is 1.60. The fourth-order valence-electron chi connectivity index (χ4n) is 1.79. The number of hydrogen-bond donors (Lipinski definition) is 2. The van der Waals surface area contributed by atoms with Gasteiger partial charge in [0.2, 0.25) is 0 Å². The minimum Gasteiger partial charge on any atom is -0.378 e. The van der Waals surface area contributed by atoms with Gasteiger partial charge in [0.15, 0.2) is 0 Å². The molecular formula is C15H17N3O3S. The average molecular weight is 319 g/mol. The third-order valence-corrected chi connectivity index (χ3v) is 3.98. The first-order valence-corrected chi connectivity index (χ1v) is 7.50. The molecular weight excluding hydrogens is 302 g/mol. The van der Waals surface area contributed by atoms with Gasteiger partial charge in [-0.15, -0.1) is 11.3 Å². The summed E-state index contributed by atoms with van der Waals surface area (Å²) in [5.41, 5.74) is 1.42. The Kier molecular flexibility index (Phi) is 5.62. The van der Waals surface area contributed by atoms with Crippen molar-refractivity contribution >= 4 is 28.8 Å². The molecule has 1 heterocycles. The predicted molar refractivity (Wildman–Crippen MR) is 84.5 cm³/mol. The van der Waals surface area contributed by atoms with Gasteiger partial charge in [0.05, 0.1) is 18.8 Å². The quantitative estimate of drug-likeness (QED) is 0.824. The van der Waals surface area contributed by atoms with Crippen LogP contribution in [0.3, 0.4) is 0 Å². The van der Waals surface area contributed by atoms with Gasteiger partial charge in [-0.1, -0.05) is 18.2 Å². The molecule has 0 saturated heterocycles. The molecule has 0 unspecified atom stereocenters. The number of ether oxygens (including phenoxy) is 1. The second kappa shape index (κ2) is 7.67. The fourth-order valence-corrected chi connectivity index (χ4v) is 2.77. The van der Waals surface area contributed by atoms with Gasteiger partial charge in [-0.05, 0) is 19.1 Å². The molecule has 0 aliphatic rings. The Balaban J connectivity index is 1.88. The molecule has 0 bridgehead atoms. The number of hydrogen-bond acceptors (Lipinski definition) is 5. The van der Waals surface area contributed by atoms with Gasteiger partial charge in [-0.3, -0.25) is 9.59 Å². The highest BCUT2D eigenvalue weighted by Crippen LogP contribution is 2.18. The van der Waals surface area contributed by atoms with Crippen molar-refractivity contribution < 1.29 is 14.3 Å². The third kappa shape index (κ3) is 4.37. The van der Waals surface area contributed by atoms with E-state index in [2.05, 4.69) is 15.6 Å².